The van der Waals surface area contributed by atoms with Gasteiger partial charge in [-0.15, -0.1) is 0 Å². The Morgan fingerprint density at radius 3 is 2.33 bits per heavy atom. The second-order valence-electron chi connectivity index (χ2n) is 7.29. The van der Waals surface area contributed by atoms with Crippen molar-refractivity contribution in [1.29, 1.82) is 0 Å². The second kappa shape index (κ2) is 6.00. The maximum absolute atomic E-state index is 3.78. The Hall–Kier alpha value is -1.02. The van der Waals surface area contributed by atoms with Crippen molar-refractivity contribution in [2.24, 2.45) is 17.8 Å². The predicted molar refractivity (Wildman–Crippen MR) is 88.5 cm³/mol. The summed E-state index contributed by atoms with van der Waals surface area (Å²) in [6.07, 6.45) is 8.68. The fourth-order valence-electron chi connectivity index (χ4n) is 4.07. The Labute approximate surface area is 128 Å². The van der Waals surface area contributed by atoms with Crippen molar-refractivity contribution in [2.45, 2.75) is 45.1 Å². The lowest BCUT2D eigenvalue weighted by atomic mass is 9.98. The van der Waals surface area contributed by atoms with Gasteiger partial charge in [0.1, 0.15) is 0 Å². The first-order chi connectivity index (χ1) is 10.4. The Balaban J connectivity index is 1.35. The van der Waals surface area contributed by atoms with Crippen LogP contribution in [0.15, 0.2) is 24.3 Å². The Morgan fingerprint density at radius 1 is 1.00 bits per heavy atom. The number of nitrogens with zero attached hydrogens (tertiary/aromatic N) is 1. The Kier molecular flexibility index (Phi) is 3.89. The topological polar surface area (TPSA) is 15.3 Å². The van der Waals surface area contributed by atoms with E-state index in [9.17, 15) is 0 Å². The molecule has 114 valence electrons. The first-order valence-electron chi connectivity index (χ1n) is 8.95. The minimum absolute atomic E-state index is 0.976. The van der Waals surface area contributed by atoms with E-state index < -0.39 is 0 Å². The SMILES string of the molecule is c1ccc(N2CCCC2)c(CNCC(C2CC2)C2CC2)c1. The molecule has 1 aromatic rings. The van der Waals surface area contributed by atoms with Crippen molar-refractivity contribution in [1.82, 2.24) is 5.32 Å². The van der Waals surface area contributed by atoms with E-state index in [1.807, 2.05) is 0 Å². The molecule has 0 spiro atoms. The van der Waals surface area contributed by atoms with Gasteiger partial charge in [0.15, 0.2) is 0 Å². The fourth-order valence-corrected chi connectivity index (χ4v) is 4.07. The van der Waals surface area contributed by atoms with Crippen molar-refractivity contribution in [3.05, 3.63) is 29.8 Å². The summed E-state index contributed by atoms with van der Waals surface area (Å²) in [5.74, 6) is 3.08. The van der Waals surface area contributed by atoms with Crippen LogP contribution in [0.1, 0.15) is 44.1 Å². The Bertz CT molecular complexity index is 458. The quantitative estimate of drug-likeness (QED) is 0.819. The van der Waals surface area contributed by atoms with Gasteiger partial charge in [0.25, 0.3) is 0 Å². The second-order valence-corrected chi connectivity index (χ2v) is 7.29. The number of para-hydroxylation sites is 1. The van der Waals surface area contributed by atoms with E-state index in [0.717, 1.165) is 24.3 Å². The molecule has 2 nitrogen and oxygen atoms in total. The summed E-state index contributed by atoms with van der Waals surface area (Å²) < 4.78 is 0. The first-order valence-corrected chi connectivity index (χ1v) is 8.95. The highest BCUT2D eigenvalue weighted by atomic mass is 15.1. The summed E-state index contributed by atoms with van der Waals surface area (Å²) in [6, 6.07) is 9.00. The molecule has 2 saturated carbocycles. The van der Waals surface area contributed by atoms with Gasteiger partial charge >= 0.3 is 0 Å². The Morgan fingerprint density at radius 2 is 1.67 bits per heavy atom. The highest BCUT2D eigenvalue weighted by molar-refractivity contribution is 5.54. The van der Waals surface area contributed by atoms with Crippen LogP contribution in [0.4, 0.5) is 5.69 Å². The highest BCUT2D eigenvalue weighted by Crippen LogP contribution is 2.48. The van der Waals surface area contributed by atoms with E-state index in [1.54, 1.807) is 0 Å². The lowest BCUT2D eigenvalue weighted by Gasteiger charge is -2.22. The van der Waals surface area contributed by atoms with E-state index in [1.165, 1.54) is 69.4 Å². The van der Waals surface area contributed by atoms with E-state index in [4.69, 9.17) is 0 Å². The van der Waals surface area contributed by atoms with Gasteiger partial charge in [-0.3, -0.25) is 0 Å². The molecule has 0 amide bonds. The lowest BCUT2D eigenvalue weighted by molar-refractivity contribution is 0.378. The zero-order chi connectivity index (χ0) is 14.1. The molecule has 21 heavy (non-hydrogen) atoms. The van der Waals surface area contributed by atoms with E-state index in [0.29, 0.717) is 0 Å². The number of anilines is 1. The predicted octanol–water partition coefficient (Wildman–Crippen LogP) is 3.81. The molecule has 0 atom stereocenters. The fraction of sp³-hybridized carbons (Fsp3) is 0.684. The number of nitrogens with one attached hydrogen (secondary N) is 1. The van der Waals surface area contributed by atoms with E-state index in [2.05, 4.69) is 34.5 Å². The van der Waals surface area contributed by atoms with Crippen LogP contribution in [0.2, 0.25) is 0 Å². The van der Waals surface area contributed by atoms with Gasteiger partial charge < -0.3 is 10.2 Å². The molecule has 1 saturated heterocycles. The zero-order valence-corrected chi connectivity index (χ0v) is 13.1. The van der Waals surface area contributed by atoms with Crippen LogP contribution in [0, 0.1) is 17.8 Å². The zero-order valence-electron chi connectivity index (χ0n) is 13.1. The average molecular weight is 284 g/mol. The van der Waals surface area contributed by atoms with Crippen LogP contribution >= 0.6 is 0 Å². The summed E-state index contributed by atoms with van der Waals surface area (Å²) in [5.41, 5.74) is 2.96. The van der Waals surface area contributed by atoms with E-state index in [-0.39, 0.29) is 0 Å². The third kappa shape index (κ3) is 3.26. The monoisotopic (exact) mass is 284 g/mol. The molecular weight excluding hydrogens is 256 g/mol. The van der Waals surface area contributed by atoms with Crippen LogP contribution in [0.25, 0.3) is 0 Å². The van der Waals surface area contributed by atoms with Gasteiger partial charge in [0.2, 0.25) is 0 Å². The molecule has 1 aliphatic heterocycles. The van der Waals surface area contributed by atoms with Gasteiger partial charge in [-0.25, -0.2) is 0 Å². The molecule has 0 bridgehead atoms. The number of hydrogen-bond donors (Lipinski definition) is 1. The number of hydrogen-bond acceptors (Lipinski definition) is 2. The van der Waals surface area contributed by atoms with Crippen LogP contribution in [-0.4, -0.2) is 19.6 Å². The van der Waals surface area contributed by atoms with Crippen LogP contribution in [0.5, 0.6) is 0 Å². The maximum atomic E-state index is 3.78. The molecule has 3 fully saturated rings. The molecule has 2 aliphatic carbocycles. The molecule has 1 aromatic carbocycles. The summed E-state index contributed by atoms with van der Waals surface area (Å²) in [4.78, 5) is 2.57. The smallest absolute Gasteiger partial charge is 0.0411 e. The van der Waals surface area contributed by atoms with Crippen molar-refractivity contribution < 1.29 is 0 Å². The molecule has 0 unspecified atom stereocenters. The molecule has 1 heterocycles. The highest BCUT2D eigenvalue weighted by Gasteiger charge is 2.40. The summed E-state index contributed by atoms with van der Waals surface area (Å²) in [6.45, 7) is 4.76. The molecule has 0 radical (unpaired) electrons. The molecule has 1 N–H and O–H groups in total. The minimum atomic E-state index is 0.976. The van der Waals surface area contributed by atoms with E-state index >= 15 is 0 Å². The summed E-state index contributed by atoms with van der Waals surface area (Å²) in [5, 5.41) is 3.78. The number of benzene rings is 1. The number of rotatable bonds is 7. The van der Waals surface area contributed by atoms with Crippen molar-refractivity contribution in [3.63, 3.8) is 0 Å². The van der Waals surface area contributed by atoms with Crippen molar-refractivity contribution in [2.75, 3.05) is 24.5 Å². The summed E-state index contributed by atoms with van der Waals surface area (Å²) >= 11 is 0. The molecule has 4 rings (SSSR count). The average Bonchev–Trinajstić information content (AvgIpc) is 3.45. The van der Waals surface area contributed by atoms with Gasteiger partial charge in [0.05, 0.1) is 0 Å². The van der Waals surface area contributed by atoms with Crippen LogP contribution in [0.3, 0.4) is 0 Å². The minimum Gasteiger partial charge on any atom is -0.371 e. The van der Waals surface area contributed by atoms with Gasteiger partial charge in [-0.1, -0.05) is 18.2 Å². The lowest BCUT2D eigenvalue weighted by Crippen LogP contribution is -2.27. The third-order valence-electron chi connectivity index (χ3n) is 5.59. The van der Waals surface area contributed by atoms with Crippen molar-refractivity contribution in [3.8, 4) is 0 Å². The van der Waals surface area contributed by atoms with Crippen LogP contribution < -0.4 is 10.2 Å². The van der Waals surface area contributed by atoms with Crippen molar-refractivity contribution >= 4 is 5.69 Å². The van der Waals surface area contributed by atoms with Crippen LogP contribution in [-0.2, 0) is 6.54 Å². The largest absolute Gasteiger partial charge is 0.371 e. The maximum Gasteiger partial charge on any atom is 0.0411 e. The third-order valence-corrected chi connectivity index (χ3v) is 5.59. The van der Waals surface area contributed by atoms with Gasteiger partial charge in [-0.05, 0) is 74.5 Å². The first kappa shape index (κ1) is 13.6. The standard InChI is InChI=1S/C19H28N2/c1-2-6-19(21-11-3-4-12-21)17(5-1)13-20-14-18(15-7-8-15)16-9-10-16/h1-2,5-6,15-16,18,20H,3-4,7-14H2. The molecule has 2 heteroatoms. The molecular formula is C19H28N2. The molecule has 0 aromatic heterocycles. The normalized spacial score (nSPS) is 22.2. The summed E-state index contributed by atoms with van der Waals surface area (Å²) in [7, 11) is 0. The van der Waals surface area contributed by atoms with Gasteiger partial charge in [0, 0.05) is 25.3 Å². The van der Waals surface area contributed by atoms with Gasteiger partial charge in [-0.2, -0.15) is 0 Å². The molecule has 3 aliphatic rings.